The number of amides is 1. The smallest absolute Gasteiger partial charge is 0.410 e. The summed E-state index contributed by atoms with van der Waals surface area (Å²) in [6.07, 6.45) is 0.574. The molecule has 106 valence electrons. The molecule has 1 saturated heterocycles. The Morgan fingerprint density at radius 1 is 1.33 bits per heavy atom. The van der Waals surface area contributed by atoms with Crippen LogP contribution in [0.1, 0.15) is 41.0 Å². The van der Waals surface area contributed by atoms with Crippen LogP contribution in [0.25, 0.3) is 0 Å². The molecule has 1 fully saturated rings. The standard InChI is InChI=1S/C13H26N2O2S/c1-12(2,3)17-11(16)15(10-8-18-9-10)7-6-13(4,5)14/h10H,6-9,14H2,1-5H3. The highest BCUT2D eigenvalue weighted by molar-refractivity contribution is 8.00. The van der Waals surface area contributed by atoms with Crippen LogP contribution in [0, 0.1) is 0 Å². The van der Waals surface area contributed by atoms with Gasteiger partial charge in [0.15, 0.2) is 0 Å². The van der Waals surface area contributed by atoms with Crippen molar-refractivity contribution in [1.29, 1.82) is 0 Å². The van der Waals surface area contributed by atoms with Crippen LogP contribution < -0.4 is 5.73 Å². The average Bonchev–Trinajstić information content (AvgIpc) is 2.03. The van der Waals surface area contributed by atoms with Crippen molar-refractivity contribution in [2.75, 3.05) is 18.1 Å². The molecule has 1 amide bonds. The summed E-state index contributed by atoms with van der Waals surface area (Å²) in [5.74, 6) is 2.01. The Bertz CT molecular complexity index is 290. The molecule has 0 saturated carbocycles. The molecule has 1 rings (SSSR count). The van der Waals surface area contributed by atoms with Gasteiger partial charge in [-0.05, 0) is 41.0 Å². The quantitative estimate of drug-likeness (QED) is 0.855. The van der Waals surface area contributed by atoms with E-state index in [-0.39, 0.29) is 11.6 Å². The third-order valence-corrected chi connectivity index (χ3v) is 3.93. The monoisotopic (exact) mass is 274 g/mol. The highest BCUT2D eigenvalue weighted by Gasteiger charge is 2.33. The summed E-state index contributed by atoms with van der Waals surface area (Å²) >= 11 is 1.86. The second-order valence-electron chi connectivity index (χ2n) is 6.60. The lowest BCUT2D eigenvalue weighted by Crippen LogP contribution is -2.51. The number of rotatable bonds is 4. The summed E-state index contributed by atoms with van der Waals surface area (Å²) in [6, 6.07) is 0.312. The van der Waals surface area contributed by atoms with Crippen molar-refractivity contribution >= 4 is 17.9 Å². The van der Waals surface area contributed by atoms with Gasteiger partial charge in [-0.25, -0.2) is 4.79 Å². The predicted molar refractivity (Wildman–Crippen MR) is 76.9 cm³/mol. The highest BCUT2D eigenvalue weighted by atomic mass is 32.2. The molecule has 0 unspecified atom stereocenters. The summed E-state index contributed by atoms with van der Waals surface area (Å²) in [4.78, 5) is 14.0. The molecule has 0 aromatic carbocycles. The average molecular weight is 274 g/mol. The van der Waals surface area contributed by atoms with Gasteiger partial charge in [0, 0.05) is 23.6 Å². The van der Waals surface area contributed by atoms with Crippen LogP contribution in [0.3, 0.4) is 0 Å². The van der Waals surface area contributed by atoms with Crippen molar-refractivity contribution in [1.82, 2.24) is 4.90 Å². The Kier molecular flexibility index (Phi) is 4.95. The highest BCUT2D eigenvalue weighted by Crippen LogP contribution is 2.25. The van der Waals surface area contributed by atoms with E-state index in [1.54, 1.807) is 0 Å². The zero-order chi connectivity index (χ0) is 14.0. The van der Waals surface area contributed by atoms with Crippen molar-refractivity contribution in [3.63, 3.8) is 0 Å². The van der Waals surface area contributed by atoms with Crippen LogP contribution in [0.4, 0.5) is 4.79 Å². The fraction of sp³-hybridized carbons (Fsp3) is 0.923. The molecule has 1 aliphatic heterocycles. The second-order valence-corrected chi connectivity index (χ2v) is 7.68. The number of nitrogens with zero attached hydrogens (tertiary/aromatic N) is 1. The molecule has 1 aliphatic rings. The minimum Gasteiger partial charge on any atom is -0.444 e. The summed E-state index contributed by atoms with van der Waals surface area (Å²) in [6.45, 7) is 10.3. The third-order valence-electron chi connectivity index (χ3n) is 2.69. The lowest BCUT2D eigenvalue weighted by Gasteiger charge is -2.38. The maximum absolute atomic E-state index is 12.2. The van der Waals surface area contributed by atoms with Gasteiger partial charge < -0.3 is 15.4 Å². The molecule has 4 nitrogen and oxygen atoms in total. The molecule has 0 radical (unpaired) electrons. The first-order chi connectivity index (χ1) is 8.08. The first-order valence-electron chi connectivity index (χ1n) is 6.45. The van der Waals surface area contributed by atoms with Crippen LogP contribution in [0.5, 0.6) is 0 Å². The summed E-state index contributed by atoms with van der Waals surface area (Å²) in [7, 11) is 0. The van der Waals surface area contributed by atoms with Gasteiger partial charge in [-0.1, -0.05) is 0 Å². The summed E-state index contributed by atoms with van der Waals surface area (Å²) in [5, 5.41) is 0. The maximum Gasteiger partial charge on any atom is 0.410 e. The lowest BCUT2D eigenvalue weighted by molar-refractivity contribution is 0.0178. The van der Waals surface area contributed by atoms with Gasteiger partial charge >= 0.3 is 6.09 Å². The lowest BCUT2D eigenvalue weighted by atomic mass is 10.0. The molecule has 5 heteroatoms. The Morgan fingerprint density at radius 3 is 2.22 bits per heavy atom. The van der Waals surface area contributed by atoms with E-state index in [1.165, 1.54) is 0 Å². The van der Waals surface area contributed by atoms with Crippen LogP contribution >= 0.6 is 11.8 Å². The van der Waals surface area contributed by atoms with Crippen LogP contribution in [-0.2, 0) is 4.74 Å². The minimum absolute atomic E-state index is 0.211. The Hall–Kier alpha value is -0.420. The maximum atomic E-state index is 12.2. The number of thioether (sulfide) groups is 1. The fourth-order valence-corrected chi connectivity index (χ4v) is 2.36. The molecule has 0 aromatic rings. The second kappa shape index (κ2) is 5.70. The molecule has 0 atom stereocenters. The topological polar surface area (TPSA) is 55.6 Å². The van der Waals surface area contributed by atoms with E-state index in [2.05, 4.69) is 0 Å². The van der Waals surface area contributed by atoms with Crippen molar-refractivity contribution in [2.45, 2.75) is 58.2 Å². The van der Waals surface area contributed by atoms with E-state index >= 15 is 0 Å². The zero-order valence-electron chi connectivity index (χ0n) is 12.2. The van der Waals surface area contributed by atoms with Crippen LogP contribution in [0.2, 0.25) is 0 Å². The Balaban J connectivity index is 2.58. The van der Waals surface area contributed by atoms with E-state index in [4.69, 9.17) is 10.5 Å². The first-order valence-corrected chi connectivity index (χ1v) is 7.60. The van der Waals surface area contributed by atoms with Gasteiger partial charge in [0.2, 0.25) is 0 Å². The molecule has 2 N–H and O–H groups in total. The number of hydrogen-bond donors (Lipinski definition) is 1. The summed E-state index contributed by atoms with van der Waals surface area (Å²) in [5.41, 5.74) is 5.29. The molecule has 0 aromatic heterocycles. The Labute approximate surface area is 115 Å². The van der Waals surface area contributed by atoms with Gasteiger partial charge in [-0.15, -0.1) is 0 Å². The van der Waals surface area contributed by atoms with E-state index in [0.717, 1.165) is 17.9 Å². The van der Waals surface area contributed by atoms with E-state index < -0.39 is 5.60 Å². The summed E-state index contributed by atoms with van der Waals surface area (Å²) < 4.78 is 5.46. The molecule has 1 heterocycles. The zero-order valence-corrected chi connectivity index (χ0v) is 13.0. The van der Waals surface area contributed by atoms with Crippen molar-refractivity contribution < 1.29 is 9.53 Å². The van der Waals surface area contributed by atoms with E-state index in [9.17, 15) is 4.79 Å². The van der Waals surface area contributed by atoms with Crippen molar-refractivity contribution in [2.24, 2.45) is 5.73 Å². The fourth-order valence-electron chi connectivity index (χ4n) is 1.56. The van der Waals surface area contributed by atoms with Gasteiger partial charge in [0.1, 0.15) is 5.60 Å². The minimum atomic E-state index is -0.440. The van der Waals surface area contributed by atoms with Gasteiger partial charge in [-0.3, -0.25) is 0 Å². The van der Waals surface area contributed by atoms with Crippen LogP contribution in [0.15, 0.2) is 0 Å². The molecule has 0 spiro atoms. The third kappa shape index (κ3) is 5.48. The first kappa shape index (κ1) is 15.6. The van der Waals surface area contributed by atoms with E-state index in [0.29, 0.717) is 12.6 Å². The van der Waals surface area contributed by atoms with Gasteiger partial charge in [0.25, 0.3) is 0 Å². The molecular formula is C13H26N2O2S. The number of nitrogens with two attached hydrogens (primary N) is 1. The van der Waals surface area contributed by atoms with Gasteiger partial charge in [-0.2, -0.15) is 11.8 Å². The normalized spacial score (nSPS) is 17.2. The largest absolute Gasteiger partial charge is 0.444 e. The van der Waals surface area contributed by atoms with E-state index in [1.807, 2.05) is 51.3 Å². The van der Waals surface area contributed by atoms with Crippen molar-refractivity contribution in [3.8, 4) is 0 Å². The molecule has 18 heavy (non-hydrogen) atoms. The number of carbonyl (C=O) groups is 1. The SMILES string of the molecule is CC(C)(N)CCN(C(=O)OC(C)(C)C)C1CSC1. The number of ether oxygens (including phenoxy) is 1. The number of carbonyl (C=O) groups excluding carboxylic acids is 1. The molecule has 0 bridgehead atoms. The van der Waals surface area contributed by atoms with Crippen LogP contribution in [-0.4, -0.2) is 46.2 Å². The Morgan fingerprint density at radius 2 is 1.89 bits per heavy atom. The van der Waals surface area contributed by atoms with Gasteiger partial charge in [0.05, 0.1) is 6.04 Å². The van der Waals surface area contributed by atoms with Crippen molar-refractivity contribution in [3.05, 3.63) is 0 Å². The predicted octanol–water partition coefficient (Wildman–Crippen LogP) is 2.47. The molecular weight excluding hydrogens is 248 g/mol. The molecule has 0 aliphatic carbocycles. The number of hydrogen-bond acceptors (Lipinski definition) is 4.